The zero-order valence-electron chi connectivity index (χ0n) is 12.8. The molecule has 120 valence electrons. The van der Waals surface area contributed by atoms with Crippen molar-refractivity contribution in [2.24, 2.45) is 11.7 Å². The van der Waals surface area contributed by atoms with Crippen molar-refractivity contribution < 1.29 is 8.42 Å². The molecule has 0 unspecified atom stereocenters. The summed E-state index contributed by atoms with van der Waals surface area (Å²) in [6, 6.07) is 0. The standard InChI is InChI=1S/C13H30N4O2S/c1-13(2)12-15-20(18,19)17-9-5-8-16(10-11-17)7-4-3-6-14/h13,15H,3-12,14H2,1-2H3. The van der Waals surface area contributed by atoms with Crippen LogP contribution >= 0.6 is 0 Å². The predicted octanol–water partition coefficient (Wildman–Crippen LogP) is 0.223. The fourth-order valence-corrected chi connectivity index (χ4v) is 3.67. The summed E-state index contributed by atoms with van der Waals surface area (Å²) in [6.07, 6.45) is 3.02. The van der Waals surface area contributed by atoms with Gasteiger partial charge in [0.25, 0.3) is 10.2 Å². The molecule has 0 atom stereocenters. The van der Waals surface area contributed by atoms with Crippen LogP contribution in [0.3, 0.4) is 0 Å². The van der Waals surface area contributed by atoms with Gasteiger partial charge in [0.1, 0.15) is 0 Å². The lowest BCUT2D eigenvalue weighted by Crippen LogP contribution is -2.43. The van der Waals surface area contributed by atoms with Crippen LogP contribution in [0.5, 0.6) is 0 Å². The number of nitrogens with one attached hydrogen (secondary N) is 1. The molecule has 1 aliphatic rings. The SMILES string of the molecule is CC(C)CNS(=O)(=O)N1CCCN(CCCCN)CC1. The lowest BCUT2D eigenvalue weighted by Gasteiger charge is -2.22. The van der Waals surface area contributed by atoms with Crippen molar-refractivity contribution in [2.45, 2.75) is 33.1 Å². The Morgan fingerprint density at radius 1 is 1.15 bits per heavy atom. The molecule has 7 heteroatoms. The number of hydrogen-bond acceptors (Lipinski definition) is 4. The molecule has 0 aliphatic carbocycles. The Balaban J connectivity index is 2.42. The monoisotopic (exact) mass is 306 g/mol. The van der Waals surface area contributed by atoms with E-state index in [0.29, 0.717) is 25.6 Å². The quantitative estimate of drug-likeness (QED) is 0.629. The fraction of sp³-hybridized carbons (Fsp3) is 1.00. The van der Waals surface area contributed by atoms with Gasteiger partial charge in [-0.15, -0.1) is 0 Å². The third kappa shape index (κ3) is 6.49. The van der Waals surface area contributed by atoms with Crippen molar-refractivity contribution in [2.75, 3.05) is 45.8 Å². The Kier molecular flexibility index (Phi) is 7.98. The summed E-state index contributed by atoms with van der Waals surface area (Å²) in [5, 5.41) is 0. The summed E-state index contributed by atoms with van der Waals surface area (Å²) in [6.45, 7) is 9.23. The highest BCUT2D eigenvalue weighted by molar-refractivity contribution is 7.87. The molecule has 0 amide bonds. The van der Waals surface area contributed by atoms with Gasteiger partial charge < -0.3 is 10.6 Å². The minimum atomic E-state index is -3.31. The van der Waals surface area contributed by atoms with Gasteiger partial charge in [0.2, 0.25) is 0 Å². The van der Waals surface area contributed by atoms with Gasteiger partial charge >= 0.3 is 0 Å². The Morgan fingerprint density at radius 2 is 1.90 bits per heavy atom. The Bertz CT molecular complexity index is 359. The van der Waals surface area contributed by atoms with E-state index in [1.165, 1.54) is 0 Å². The average Bonchev–Trinajstić information content (AvgIpc) is 2.63. The number of hydrogen-bond donors (Lipinski definition) is 2. The maximum atomic E-state index is 12.2. The predicted molar refractivity (Wildman–Crippen MR) is 82.7 cm³/mol. The van der Waals surface area contributed by atoms with E-state index in [9.17, 15) is 8.42 Å². The van der Waals surface area contributed by atoms with E-state index >= 15 is 0 Å². The molecule has 0 aromatic carbocycles. The highest BCUT2D eigenvalue weighted by Crippen LogP contribution is 2.08. The Morgan fingerprint density at radius 3 is 2.55 bits per heavy atom. The van der Waals surface area contributed by atoms with Crippen molar-refractivity contribution in [3.05, 3.63) is 0 Å². The second kappa shape index (κ2) is 8.94. The second-order valence-corrected chi connectivity index (χ2v) is 7.59. The van der Waals surface area contributed by atoms with Crippen molar-refractivity contribution in [3.8, 4) is 0 Å². The molecule has 0 radical (unpaired) electrons. The van der Waals surface area contributed by atoms with Gasteiger partial charge in [0, 0.05) is 26.2 Å². The van der Waals surface area contributed by atoms with E-state index in [4.69, 9.17) is 5.73 Å². The third-order valence-electron chi connectivity index (χ3n) is 3.49. The Labute approximate surface area is 123 Å². The van der Waals surface area contributed by atoms with Crippen LogP contribution in [-0.2, 0) is 10.2 Å². The summed E-state index contributed by atoms with van der Waals surface area (Å²) in [4.78, 5) is 2.34. The van der Waals surface area contributed by atoms with Crippen molar-refractivity contribution in [3.63, 3.8) is 0 Å². The molecule has 1 rings (SSSR count). The smallest absolute Gasteiger partial charge is 0.279 e. The summed E-state index contributed by atoms with van der Waals surface area (Å²) in [7, 11) is -3.31. The van der Waals surface area contributed by atoms with Gasteiger partial charge in [-0.25, -0.2) is 4.72 Å². The molecule has 0 spiro atoms. The van der Waals surface area contributed by atoms with Crippen LogP contribution in [-0.4, -0.2) is 63.4 Å². The van der Waals surface area contributed by atoms with Gasteiger partial charge in [-0.3, -0.25) is 0 Å². The molecule has 0 bridgehead atoms. The Hall–Kier alpha value is -0.210. The highest BCUT2D eigenvalue weighted by Gasteiger charge is 2.24. The number of nitrogens with zero attached hydrogens (tertiary/aromatic N) is 2. The second-order valence-electron chi connectivity index (χ2n) is 5.84. The first-order valence-electron chi connectivity index (χ1n) is 7.63. The van der Waals surface area contributed by atoms with Crippen molar-refractivity contribution >= 4 is 10.2 Å². The molecule has 1 saturated heterocycles. The van der Waals surface area contributed by atoms with Crippen molar-refractivity contribution in [1.82, 2.24) is 13.9 Å². The fourth-order valence-electron chi connectivity index (χ4n) is 2.25. The van der Waals surface area contributed by atoms with Gasteiger partial charge in [-0.2, -0.15) is 12.7 Å². The molecule has 20 heavy (non-hydrogen) atoms. The van der Waals surface area contributed by atoms with Crippen LogP contribution in [0.1, 0.15) is 33.1 Å². The maximum Gasteiger partial charge on any atom is 0.279 e. The minimum Gasteiger partial charge on any atom is -0.330 e. The lowest BCUT2D eigenvalue weighted by atomic mass is 10.2. The number of rotatable bonds is 8. The van der Waals surface area contributed by atoms with Crippen LogP contribution in [0.4, 0.5) is 0 Å². The maximum absolute atomic E-state index is 12.2. The van der Waals surface area contributed by atoms with E-state index in [1.54, 1.807) is 4.31 Å². The topological polar surface area (TPSA) is 78.7 Å². The molecule has 3 N–H and O–H groups in total. The van der Waals surface area contributed by atoms with E-state index < -0.39 is 10.2 Å². The molecule has 1 aliphatic heterocycles. The largest absolute Gasteiger partial charge is 0.330 e. The zero-order valence-corrected chi connectivity index (χ0v) is 13.7. The van der Waals surface area contributed by atoms with Gasteiger partial charge in [-0.1, -0.05) is 13.8 Å². The molecule has 0 aromatic rings. The van der Waals surface area contributed by atoms with Crippen LogP contribution in [0.2, 0.25) is 0 Å². The van der Waals surface area contributed by atoms with Gasteiger partial charge in [-0.05, 0) is 44.8 Å². The van der Waals surface area contributed by atoms with Crippen LogP contribution in [0.25, 0.3) is 0 Å². The first-order chi connectivity index (χ1) is 9.45. The zero-order chi connectivity index (χ0) is 15.0. The molecular weight excluding hydrogens is 276 g/mol. The molecule has 1 heterocycles. The molecule has 0 saturated carbocycles. The van der Waals surface area contributed by atoms with E-state index in [-0.39, 0.29) is 0 Å². The minimum absolute atomic E-state index is 0.324. The molecule has 6 nitrogen and oxygen atoms in total. The highest BCUT2D eigenvalue weighted by atomic mass is 32.2. The average molecular weight is 306 g/mol. The van der Waals surface area contributed by atoms with Gasteiger partial charge in [0.15, 0.2) is 0 Å². The molecule has 1 fully saturated rings. The summed E-state index contributed by atoms with van der Waals surface area (Å²) in [5.41, 5.74) is 5.50. The summed E-state index contributed by atoms with van der Waals surface area (Å²) >= 11 is 0. The first kappa shape index (κ1) is 17.8. The van der Waals surface area contributed by atoms with E-state index in [2.05, 4.69) is 9.62 Å². The molecule has 0 aromatic heterocycles. The third-order valence-corrected chi connectivity index (χ3v) is 5.07. The number of nitrogens with two attached hydrogens (primary N) is 1. The van der Waals surface area contributed by atoms with Crippen LogP contribution in [0.15, 0.2) is 0 Å². The first-order valence-corrected chi connectivity index (χ1v) is 9.07. The van der Waals surface area contributed by atoms with Crippen molar-refractivity contribution in [1.29, 1.82) is 0 Å². The normalized spacial score (nSPS) is 19.4. The van der Waals surface area contributed by atoms with E-state index in [1.807, 2.05) is 13.8 Å². The lowest BCUT2D eigenvalue weighted by molar-refractivity contribution is 0.281. The van der Waals surface area contributed by atoms with Crippen LogP contribution < -0.4 is 10.5 Å². The van der Waals surface area contributed by atoms with Crippen LogP contribution in [0, 0.1) is 5.92 Å². The number of unbranched alkanes of at least 4 members (excludes halogenated alkanes) is 1. The summed E-state index contributed by atoms with van der Waals surface area (Å²) < 4.78 is 28.6. The van der Waals surface area contributed by atoms with E-state index in [0.717, 1.165) is 45.4 Å². The molecular formula is C13H30N4O2S. The summed E-state index contributed by atoms with van der Waals surface area (Å²) in [5.74, 6) is 0.324. The van der Waals surface area contributed by atoms with Gasteiger partial charge in [0.05, 0.1) is 0 Å².